The number of hydrogen-bond acceptors (Lipinski definition) is 7. The maximum Gasteiger partial charge on any atom is 0.355 e. The second-order valence-corrected chi connectivity index (χ2v) is 9.73. The standard InChI is InChI=1S/C31H28F2N6O3/c1-5-7-10-23-28(18(3)12-13-34-23)39-30-20(16-22(33)27(35-30)26-21(32)9-8-11-24(26)40)29(36-31(39)42)38-15-14-37(17-19(38)4)25(41)6-2/h6-13,16,40H,2,4-5,14-15,17H2,1,3H3/b10-7+. The van der Waals surface area contributed by atoms with Crippen molar-refractivity contribution in [3.05, 3.63) is 101 Å². The van der Waals surface area contributed by atoms with Crippen molar-refractivity contribution < 1.29 is 18.7 Å². The summed E-state index contributed by atoms with van der Waals surface area (Å²) in [5.41, 5.74) is 0.268. The average molecular weight is 571 g/mol. The van der Waals surface area contributed by atoms with Crippen LogP contribution in [0.3, 0.4) is 0 Å². The molecule has 0 aliphatic carbocycles. The fraction of sp³-hybridized carbons (Fsp3) is 0.194. The molecule has 9 nitrogen and oxygen atoms in total. The third kappa shape index (κ3) is 4.93. The average Bonchev–Trinajstić information content (AvgIpc) is 2.96. The molecule has 0 bridgehead atoms. The van der Waals surface area contributed by atoms with Crippen molar-refractivity contribution in [3.8, 4) is 22.7 Å². The van der Waals surface area contributed by atoms with E-state index in [1.165, 1.54) is 22.8 Å². The van der Waals surface area contributed by atoms with Crippen LogP contribution in [0.15, 0.2) is 72.3 Å². The minimum absolute atomic E-state index is 0.0244. The molecule has 0 spiro atoms. The van der Waals surface area contributed by atoms with Gasteiger partial charge in [0.25, 0.3) is 0 Å². The molecule has 3 aromatic heterocycles. The highest BCUT2D eigenvalue weighted by molar-refractivity contribution is 5.92. The van der Waals surface area contributed by atoms with Gasteiger partial charge in [0.1, 0.15) is 23.1 Å². The largest absolute Gasteiger partial charge is 0.507 e. The van der Waals surface area contributed by atoms with E-state index in [2.05, 4.69) is 28.1 Å². The van der Waals surface area contributed by atoms with Gasteiger partial charge in [-0.15, -0.1) is 0 Å². The summed E-state index contributed by atoms with van der Waals surface area (Å²) in [5.74, 6) is -2.51. The summed E-state index contributed by atoms with van der Waals surface area (Å²) in [6, 6.07) is 6.43. The molecule has 1 saturated heterocycles. The van der Waals surface area contributed by atoms with E-state index < -0.39 is 34.3 Å². The zero-order chi connectivity index (χ0) is 30.1. The Morgan fingerprint density at radius 1 is 1.17 bits per heavy atom. The number of hydrogen-bond donors (Lipinski definition) is 1. The predicted octanol–water partition coefficient (Wildman–Crippen LogP) is 4.91. The molecular weight excluding hydrogens is 542 g/mol. The second-order valence-electron chi connectivity index (χ2n) is 9.73. The Bertz CT molecular complexity index is 1830. The van der Waals surface area contributed by atoms with Crippen LogP contribution < -0.4 is 10.6 Å². The van der Waals surface area contributed by atoms with Gasteiger partial charge in [-0.2, -0.15) is 4.98 Å². The third-order valence-electron chi connectivity index (χ3n) is 7.01. The summed E-state index contributed by atoms with van der Waals surface area (Å²) in [7, 11) is 0. The minimum atomic E-state index is -0.934. The lowest BCUT2D eigenvalue weighted by molar-refractivity contribution is -0.125. The number of pyridine rings is 2. The summed E-state index contributed by atoms with van der Waals surface area (Å²) in [4.78, 5) is 42.5. The molecule has 11 heteroatoms. The quantitative estimate of drug-likeness (QED) is 0.329. The Kier molecular flexibility index (Phi) is 7.66. The molecule has 1 amide bonds. The number of carbonyl (C=O) groups excluding carboxylic acids is 1. The molecule has 1 aromatic carbocycles. The summed E-state index contributed by atoms with van der Waals surface area (Å²) >= 11 is 0. The van der Waals surface area contributed by atoms with E-state index in [9.17, 15) is 19.1 Å². The summed E-state index contributed by atoms with van der Waals surface area (Å²) in [6.45, 7) is 12.0. The highest BCUT2D eigenvalue weighted by Gasteiger charge is 2.29. The molecule has 0 saturated carbocycles. The van der Waals surface area contributed by atoms with Crippen LogP contribution in [-0.4, -0.2) is 55.1 Å². The van der Waals surface area contributed by atoms with Crippen molar-refractivity contribution in [1.82, 2.24) is 24.4 Å². The number of anilines is 1. The number of phenolic OH excluding ortho intramolecular Hbond substituents is 1. The molecule has 1 fully saturated rings. The fourth-order valence-electron chi connectivity index (χ4n) is 4.99. The van der Waals surface area contributed by atoms with Gasteiger partial charge in [-0.05, 0) is 55.3 Å². The highest BCUT2D eigenvalue weighted by atomic mass is 19.1. The number of phenols is 1. The van der Waals surface area contributed by atoms with Crippen LogP contribution in [0.2, 0.25) is 0 Å². The monoisotopic (exact) mass is 570 g/mol. The summed E-state index contributed by atoms with van der Waals surface area (Å²) < 4.78 is 31.9. The number of carbonyl (C=O) groups is 1. The Hall–Kier alpha value is -5.19. The number of rotatable bonds is 6. The minimum Gasteiger partial charge on any atom is -0.507 e. The van der Waals surface area contributed by atoms with E-state index in [1.807, 2.05) is 13.0 Å². The third-order valence-corrected chi connectivity index (χ3v) is 7.01. The number of halogens is 2. The zero-order valence-corrected chi connectivity index (χ0v) is 23.1. The molecule has 4 aromatic rings. The molecule has 5 rings (SSSR count). The lowest BCUT2D eigenvalue weighted by atomic mass is 10.1. The number of aromatic nitrogens is 4. The van der Waals surface area contributed by atoms with Crippen LogP contribution in [0.5, 0.6) is 5.75 Å². The smallest absolute Gasteiger partial charge is 0.355 e. The second kappa shape index (κ2) is 11.4. The molecule has 4 heterocycles. The lowest BCUT2D eigenvalue weighted by Gasteiger charge is -2.37. The number of aryl methyl sites for hydroxylation is 1. The van der Waals surface area contributed by atoms with Crippen molar-refractivity contribution in [2.75, 3.05) is 24.5 Å². The number of amides is 1. The van der Waals surface area contributed by atoms with Gasteiger partial charge in [0.05, 0.1) is 28.9 Å². The van der Waals surface area contributed by atoms with Gasteiger partial charge in [-0.25, -0.2) is 23.1 Å². The first-order chi connectivity index (χ1) is 20.2. The Labute approximate surface area is 240 Å². The normalized spacial score (nSPS) is 13.8. The molecule has 0 unspecified atom stereocenters. The number of piperazine rings is 1. The van der Waals surface area contributed by atoms with E-state index in [4.69, 9.17) is 0 Å². The van der Waals surface area contributed by atoms with Gasteiger partial charge in [0.15, 0.2) is 11.5 Å². The van der Waals surface area contributed by atoms with Crippen LogP contribution >= 0.6 is 0 Å². The van der Waals surface area contributed by atoms with Gasteiger partial charge in [0, 0.05) is 25.0 Å². The van der Waals surface area contributed by atoms with Gasteiger partial charge in [0.2, 0.25) is 5.91 Å². The van der Waals surface area contributed by atoms with Crippen molar-refractivity contribution in [2.45, 2.75) is 20.3 Å². The van der Waals surface area contributed by atoms with Crippen molar-refractivity contribution in [1.29, 1.82) is 0 Å². The molecular formula is C31H28F2N6O3. The Morgan fingerprint density at radius 3 is 2.64 bits per heavy atom. The van der Waals surface area contributed by atoms with Gasteiger partial charge in [-0.1, -0.05) is 32.2 Å². The highest BCUT2D eigenvalue weighted by Crippen LogP contribution is 2.36. The van der Waals surface area contributed by atoms with Gasteiger partial charge >= 0.3 is 5.69 Å². The first-order valence-electron chi connectivity index (χ1n) is 13.3. The Balaban J connectivity index is 1.83. The maximum atomic E-state index is 15.8. The van der Waals surface area contributed by atoms with E-state index >= 15 is 4.39 Å². The first-order valence-corrected chi connectivity index (χ1v) is 13.3. The van der Waals surface area contributed by atoms with E-state index in [0.717, 1.165) is 12.1 Å². The van der Waals surface area contributed by atoms with Crippen LogP contribution in [0.1, 0.15) is 24.6 Å². The first kappa shape index (κ1) is 28.3. The fourth-order valence-corrected chi connectivity index (χ4v) is 4.99. The van der Waals surface area contributed by atoms with Crippen LogP contribution in [0.25, 0.3) is 34.1 Å². The maximum absolute atomic E-state index is 15.8. The van der Waals surface area contributed by atoms with Gasteiger partial charge in [-0.3, -0.25) is 9.78 Å². The van der Waals surface area contributed by atoms with Crippen LogP contribution in [0, 0.1) is 18.6 Å². The molecule has 1 aliphatic rings. The van der Waals surface area contributed by atoms with Crippen LogP contribution in [-0.2, 0) is 4.79 Å². The van der Waals surface area contributed by atoms with Gasteiger partial charge < -0.3 is 14.9 Å². The number of benzene rings is 1. The number of fused-ring (bicyclic) bond motifs is 1. The predicted molar refractivity (Wildman–Crippen MR) is 157 cm³/mol. The Morgan fingerprint density at radius 2 is 1.95 bits per heavy atom. The molecule has 1 aliphatic heterocycles. The number of allylic oxidation sites excluding steroid dienone is 1. The van der Waals surface area contributed by atoms with E-state index in [-0.39, 0.29) is 42.4 Å². The molecule has 0 atom stereocenters. The van der Waals surface area contributed by atoms with Crippen molar-refractivity contribution in [2.24, 2.45) is 0 Å². The SMILES string of the molecule is C=CC(=O)N1CCN(c2nc(=O)n(-c3c(C)ccnc3/C=C/CC)c3nc(-c4c(O)cccc4F)c(F)cc23)C(=C)C1. The molecule has 0 radical (unpaired) electrons. The molecule has 42 heavy (non-hydrogen) atoms. The van der Waals surface area contributed by atoms with Crippen molar-refractivity contribution >= 4 is 28.8 Å². The molecule has 214 valence electrons. The number of nitrogens with zero attached hydrogens (tertiary/aromatic N) is 6. The van der Waals surface area contributed by atoms with Crippen molar-refractivity contribution in [3.63, 3.8) is 0 Å². The summed E-state index contributed by atoms with van der Waals surface area (Å²) in [6.07, 6.45) is 7.17. The topological polar surface area (TPSA) is 104 Å². The van der Waals surface area contributed by atoms with E-state index in [1.54, 1.807) is 35.1 Å². The lowest BCUT2D eigenvalue weighted by Crippen LogP contribution is -2.47. The number of aromatic hydroxyl groups is 1. The zero-order valence-electron chi connectivity index (χ0n) is 23.1. The van der Waals surface area contributed by atoms with Crippen LogP contribution in [0.4, 0.5) is 14.6 Å². The molecule has 1 N–H and O–H groups in total. The van der Waals surface area contributed by atoms with E-state index in [0.29, 0.717) is 29.1 Å². The summed E-state index contributed by atoms with van der Waals surface area (Å²) in [5, 5.41) is 10.6.